The van der Waals surface area contributed by atoms with E-state index in [9.17, 15) is 9.59 Å². The molecule has 0 spiro atoms. The van der Waals surface area contributed by atoms with Gasteiger partial charge in [0.15, 0.2) is 0 Å². The second kappa shape index (κ2) is 6.51. The third kappa shape index (κ3) is 6.43. The third-order valence-corrected chi connectivity index (χ3v) is 2.00. The van der Waals surface area contributed by atoms with E-state index in [4.69, 9.17) is 4.74 Å². The predicted octanol–water partition coefficient (Wildman–Crippen LogP) is 2.31. The average molecular weight is 230 g/mol. The van der Waals surface area contributed by atoms with Gasteiger partial charge in [-0.2, -0.15) is 0 Å². The van der Waals surface area contributed by atoms with Crippen molar-refractivity contribution < 1.29 is 19.1 Å². The van der Waals surface area contributed by atoms with Gasteiger partial charge in [0.05, 0.1) is 19.4 Å². The fourth-order valence-corrected chi connectivity index (χ4v) is 1.40. The van der Waals surface area contributed by atoms with Crippen LogP contribution in [0, 0.1) is 5.92 Å². The molecule has 4 nitrogen and oxygen atoms in total. The van der Waals surface area contributed by atoms with Gasteiger partial charge in [-0.25, -0.2) is 0 Å². The maximum Gasteiger partial charge on any atom is 0.309 e. The van der Waals surface area contributed by atoms with E-state index in [0.29, 0.717) is 6.42 Å². The second-order valence-electron chi connectivity index (χ2n) is 4.80. The number of carbonyl (C=O) groups excluding carboxylic acids is 2. The molecular formula is C12H22O4. The van der Waals surface area contributed by atoms with Gasteiger partial charge in [-0.3, -0.25) is 9.59 Å². The van der Waals surface area contributed by atoms with E-state index in [1.807, 2.05) is 6.92 Å². The predicted molar refractivity (Wildman–Crippen MR) is 60.9 cm³/mol. The first kappa shape index (κ1) is 14.9. The van der Waals surface area contributed by atoms with Crippen molar-refractivity contribution in [3.05, 3.63) is 0 Å². The van der Waals surface area contributed by atoms with Gasteiger partial charge < -0.3 is 9.47 Å². The Balaban J connectivity index is 4.29. The molecule has 0 heterocycles. The highest BCUT2D eigenvalue weighted by Crippen LogP contribution is 2.16. The highest BCUT2D eigenvalue weighted by Gasteiger charge is 2.25. The molecule has 0 fully saturated rings. The summed E-state index contributed by atoms with van der Waals surface area (Å²) >= 11 is 0. The molecule has 0 radical (unpaired) electrons. The number of esters is 2. The Hall–Kier alpha value is -1.06. The van der Waals surface area contributed by atoms with Crippen molar-refractivity contribution in [2.45, 2.75) is 52.6 Å². The Kier molecular flexibility index (Phi) is 6.08. The quantitative estimate of drug-likeness (QED) is 0.680. The molecule has 94 valence electrons. The summed E-state index contributed by atoms with van der Waals surface area (Å²) in [6.45, 7) is 7.37. The van der Waals surface area contributed by atoms with Gasteiger partial charge in [0, 0.05) is 0 Å². The molecule has 0 aromatic rings. The summed E-state index contributed by atoms with van der Waals surface area (Å²) in [7, 11) is 1.33. The molecule has 0 saturated heterocycles. The zero-order valence-corrected chi connectivity index (χ0v) is 10.8. The SMILES string of the molecule is CCC[C@@H](CC(=O)OC(C)(C)C)C(=O)OC. The van der Waals surface area contributed by atoms with Gasteiger partial charge in [-0.05, 0) is 27.2 Å². The maximum atomic E-state index is 11.5. The van der Waals surface area contributed by atoms with E-state index in [1.165, 1.54) is 7.11 Å². The minimum absolute atomic E-state index is 0.0950. The van der Waals surface area contributed by atoms with Crippen molar-refractivity contribution in [2.75, 3.05) is 7.11 Å². The van der Waals surface area contributed by atoms with Crippen LogP contribution in [0.1, 0.15) is 47.0 Å². The lowest BCUT2D eigenvalue weighted by atomic mass is 10.00. The monoisotopic (exact) mass is 230 g/mol. The number of hydrogen-bond acceptors (Lipinski definition) is 4. The molecule has 0 aromatic heterocycles. The summed E-state index contributed by atoms with van der Waals surface area (Å²) in [5.74, 6) is -1.08. The second-order valence-corrected chi connectivity index (χ2v) is 4.80. The smallest absolute Gasteiger partial charge is 0.309 e. The average Bonchev–Trinajstić information content (AvgIpc) is 2.13. The largest absolute Gasteiger partial charge is 0.469 e. The number of hydrogen-bond donors (Lipinski definition) is 0. The Morgan fingerprint density at radius 1 is 1.25 bits per heavy atom. The molecule has 0 saturated carbocycles. The first-order valence-corrected chi connectivity index (χ1v) is 5.59. The standard InChI is InChI=1S/C12H22O4/c1-6-7-9(11(14)15-5)8-10(13)16-12(2,3)4/h9H,6-8H2,1-5H3/t9-/m0/s1. The minimum atomic E-state index is -0.510. The van der Waals surface area contributed by atoms with E-state index in [2.05, 4.69) is 4.74 Å². The van der Waals surface area contributed by atoms with Gasteiger partial charge in [0.25, 0.3) is 0 Å². The van der Waals surface area contributed by atoms with E-state index in [1.54, 1.807) is 20.8 Å². The fourth-order valence-electron chi connectivity index (χ4n) is 1.40. The normalized spacial score (nSPS) is 13.1. The number of rotatable bonds is 5. The molecule has 0 aliphatic rings. The Morgan fingerprint density at radius 3 is 2.19 bits per heavy atom. The van der Waals surface area contributed by atoms with Crippen LogP contribution in [-0.4, -0.2) is 24.6 Å². The molecule has 0 bridgehead atoms. The number of ether oxygens (including phenoxy) is 2. The van der Waals surface area contributed by atoms with E-state index in [-0.39, 0.29) is 24.3 Å². The van der Waals surface area contributed by atoms with E-state index >= 15 is 0 Å². The molecule has 0 rings (SSSR count). The Morgan fingerprint density at radius 2 is 1.81 bits per heavy atom. The van der Waals surface area contributed by atoms with Crippen LogP contribution >= 0.6 is 0 Å². The zero-order chi connectivity index (χ0) is 12.8. The van der Waals surface area contributed by atoms with Crippen LogP contribution in [0.3, 0.4) is 0 Å². The van der Waals surface area contributed by atoms with Crippen molar-refractivity contribution in [2.24, 2.45) is 5.92 Å². The summed E-state index contributed by atoms with van der Waals surface area (Å²) in [4.78, 5) is 22.9. The van der Waals surface area contributed by atoms with Crippen molar-refractivity contribution in [1.29, 1.82) is 0 Å². The van der Waals surface area contributed by atoms with Gasteiger partial charge in [-0.15, -0.1) is 0 Å². The Labute approximate surface area is 97.3 Å². The highest BCUT2D eigenvalue weighted by atomic mass is 16.6. The van der Waals surface area contributed by atoms with Crippen LogP contribution in [-0.2, 0) is 19.1 Å². The van der Waals surface area contributed by atoms with Gasteiger partial charge in [0.2, 0.25) is 0 Å². The van der Waals surface area contributed by atoms with Crippen LogP contribution < -0.4 is 0 Å². The molecule has 0 aliphatic carbocycles. The lowest BCUT2D eigenvalue weighted by Gasteiger charge is -2.21. The van der Waals surface area contributed by atoms with Crippen molar-refractivity contribution in [1.82, 2.24) is 0 Å². The number of carbonyl (C=O) groups is 2. The van der Waals surface area contributed by atoms with Crippen LogP contribution in [0.15, 0.2) is 0 Å². The molecule has 16 heavy (non-hydrogen) atoms. The summed E-state index contributed by atoms with van der Waals surface area (Å²) in [5, 5.41) is 0. The molecule has 4 heteroatoms. The lowest BCUT2D eigenvalue weighted by Crippen LogP contribution is -2.27. The summed E-state index contributed by atoms with van der Waals surface area (Å²) in [6.07, 6.45) is 1.58. The van der Waals surface area contributed by atoms with Crippen LogP contribution in [0.2, 0.25) is 0 Å². The molecule has 0 aromatic carbocycles. The van der Waals surface area contributed by atoms with Gasteiger partial charge in [-0.1, -0.05) is 13.3 Å². The topological polar surface area (TPSA) is 52.6 Å². The van der Waals surface area contributed by atoms with Crippen molar-refractivity contribution in [3.8, 4) is 0 Å². The molecule has 0 N–H and O–H groups in total. The molecule has 0 amide bonds. The van der Waals surface area contributed by atoms with Gasteiger partial charge >= 0.3 is 11.9 Å². The van der Waals surface area contributed by atoms with Crippen LogP contribution in [0.4, 0.5) is 0 Å². The first-order chi connectivity index (χ1) is 7.30. The molecule has 0 unspecified atom stereocenters. The zero-order valence-electron chi connectivity index (χ0n) is 10.8. The maximum absolute atomic E-state index is 11.5. The van der Waals surface area contributed by atoms with Crippen LogP contribution in [0.25, 0.3) is 0 Å². The Bertz CT molecular complexity index is 240. The van der Waals surface area contributed by atoms with Crippen LogP contribution in [0.5, 0.6) is 0 Å². The van der Waals surface area contributed by atoms with E-state index in [0.717, 1.165) is 6.42 Å². The summed E-state index contributed by atoms with van der Waals surface area (Å²) in [5.41, 5.74) is -0.510. The highest BCUT2D eigenvalue weighted by molar-refractivity contribution is 5.80. The summed E-state index contributed by atoms with van der Waals surface area (Å²) in [6, 6.07) is 0. The molecular weight excluding hydrogens is 208 g/mol. The van der Waals surface area contributed by atoms with Crippen molar-refractivity contribution in [3.63, 3.8) is 0 Å². The first-order valence-electron chi connectivity index (χ1n) is 5.59. The number of methoxy groups -OCH3 is 1. The third-order valence-electron chi connectivity index (χ3n) is 2.00. The molecule has 0 aliphatic heterocycles. The minimum Gasteiger partial charge on any atom is -0.469 e. The molecule has 1 atom stereocenters. The fraction of sp³-hybridized carbons (Fsp3) is 0.833. The van der Waals surface area contributed by atoms with Gasteiger partial charge in [0.1, 0.15) is 5.60 Å². The van der Waals surface area contributed by atoms with E-state index < -0.39 is 5.60 Å². The lowest BCUT2D eigenvalue weighted by molar-refractivity contribution is -0.160. The van der Waals surface area contributed by atoms with Crippen molar-refractivity contribution >= 4 is 11.9 Å². The summed E-state index contributed by atoms with van der Waals surface area (Å²) < 4.78 is 9.81.